The van der Waals surface area contributed by atoms with Gasteiger partial charge < -0.3 is 4.74 Å². The number of carbonyl (C=O) groups is 1. The van der Waals surface area contributed by atoms with Gasteiger partial charge in [-0.15, -0.1) is 0 Å². The fourth-order valence-electron chi connectivity index (χ4n) is 2.54. The van der Waals surface area contributed by atoms with Crippen LogP contribution in [0.1, 0.15) is 48.5 Å². The van der Waals surface area contributed by atoms with E-state index in [1.165, 1.54) is 5.56 Å². The molecule has 2 rings (SSSR count). The molecule has 0 bridgehead atoms. The van der Waals surface area contributed by atoms with E-state index in [9.17, 15) is 4.79 Å². The van der Waals surface area contributed by atoms with Crippen LogP contribution in [-0.2, 0) is 6.42 Å². The van der Waals surface area contributed by atoms with Gasteiger partial charge in [0.05, 0.1) is 7.11 Å². The molecule has 0 fully saturated rings. The number of fused-ring (bicyclic) bond motifs is 1. The molecule has 0 radical (unpaired) electrons. The van der Waals surface area contributed by atoms with Crippen molar-refractivity contribution < 1.29 is 9.53 Å². The zero-order valence-electron chi connectivity index (χ0n) is 10.7. The van der Waals surface area contributed by atoms with E-state index in [0.717, 1.165) is 43.4 Å². The largest absolute Gasteiger partial charge is 0.497 e. The first kappa shape index (κ1) is 12.2. The highest BCUT2D eigenvalue weighted by molar-refractivity contribution is 6.00. The molecule has 0 saturated heterocycles. The molecule has 92 valence electrons. The SMILES string of the molecule is CCCCC1CCc2ccc(OC)cc2C1=O. The van der Waals surface area contributed by atoms with E-state index in [-0.39, 0.29) is 5.92 Å². The number of rotatable bonds is 4. The monoisotopic (exact) mass is 232 g/mol. The van der Waals surface area contributed by atoms with Crippen molar-refractivity contribution in [3.8, 4) is 5.75 Å². The summed E-state index contributed by atoms with van der Waals surface area (Å²) in [5, 5.41) is 0. The minimum Gasteiger partial charge on any atom is -0.497 e. The molecule has 1 aromatic rings. The standard InChI is InChI=1S/C15H20O2/c1-3-4-5-12-7-6-11-8-9-13(17-2)10-14(11)15(12)16/h8-10,12H,3-7H2,1-2H3. The summed E-state index contributed by atoms with van der Waals surface area (Å²) < 4.78 is 5.19. The molecule has 0 amide bonds. The normalized spacial score (nSPS) is 18.9. The number of ether oxygens (including phenoxy) is 1. The lowest BCUT2D eigenvalue weighted by Gasteiger charge is -2.23. The van der Waals surface area contributed by atoms with Gasteiger partial charge in [-0.05, 0) is 37.0 Å². The van der Waals surface area contributed by atoms with E-state index < -0.39 is 0 Å². The molecule has 0 heterocycles. The maximum atomic E-state index is 12.3. The Balaban J connectivity index is 2.21. The third kappa shape index (κ3) is 2.51. The summed E-state index contributed by atoms with van der Waals surface area (Å²) in [6.07, 6.45) is 5.38. The van der Waals surface area contributed by atoms with Gasteiger partial charge in [-0.25, -0.2) is 0 Å². The average molecular weight is 232 g/mol. The number of methoxy groups -OCH3 is 1. The van der Waals surface area contributed by atoms with E-state index in [1.54, 1.807) is 7.11 Å². The van der Waals surface area contributed by atoms with Gasteiger partial charge in [0.25, 0.3) is 0 Å². The lowest BCUT2D eigenvalue weighted by Crippen LogP contribution is -2.22. The van der Waals surface area contributed by atoms with E-state index >= 15 is 0 Å². The summed E-state index contributed by atoms with van der Waals surface area (Å²) >= 11 is 0. The van der Waals surface area contributed by atoms with Crippen LogP contribution in [0.2, 0.25) is 0 Å². The van der Waals surface area contributed by atoms with E-state index in [1.807, 2.05) is 18.2 Å². The van der Waals surface area contributed by atoms with E-state index in [2.05, 4.69) is 6.92 Å². The minimum absolute atomic E-state index is 0.231. The van der Waals surface area contributed by atoms with Gasteiger partial charge in [-0.2, -0.15) is 0 Å². The smallest absolute Gasteiger partial charge is 0.166 e. The third-order valence-corrected chi connectivity index (χ3v) is 3.62. The number of benzene rings is 1. The van der Waals surface area contributed by atoms with Crippen molar-refractivity contribution in [3.05, 3.63) is 29.3 Å². The number of aryl methyl sites for hydroxylation is 1. The molecule has 0 aliphatic heterocycles. The maximum Gasteiger partial charge on any atom is 0.166 e. The Bertz CT molecular complexity index is 409. The second-order valence-electron chi connectivity index (χ2n) is 4.77. The fraction of sp³-hybridized carbons (Fsp3) is 0.533. The lowest BCUT2D eigenvalue weighted by molar-refractivity contribution is 0.0892. The minimum atomic E-state index is 0.231. The van der Waals surface area contributed by atoms with Crippen molar-refractivity contribution in [1.29, 1.82) is 0 Å². The first-order valence-corrected chi connectivity index (χ1v) is 6.47. The molecule has 1 aromatic carbocycles. The van der Waals surface area contributed by atoms with Gasteiger partial charge in [0.1, 0.15) is 5.75 Å². The number of carbonyl (C=O) groups excluding carboxylic acids is 1. The molecule has 0 aromatic heterocycles. The van der Waals surface area contributed by atoms with Gasteiger partial charge in [-0.1, -0.05) is 25.8 Å². The van der Waals surface area contributed by atoms with Crippen molar-refractivity contribution >= 4 is 5.78 Å². The summed E-state index contributed by atoms with van der Waals surface area (Å²) in [7, 11) is 1.64. The molecule has 1 unspecified atom stereocenters. The number of ketones is 1. The molecule has 0 spiro atoms. The summed E-state index contributed by atoms with van der Waals surface area (Å²) in [5.74, 6) is 1.33. The Morgan fingerprint density at radius 2 is 2.24 bits per heavy atom. The Kier molecular flexibility index (Phi) is 3.82. The lowest BCUT2D eigenvalue weighted by atomic mass is 9.80. The van der Waals surface area contributed by atoms with Crippen LogP contribution in [-0.4, -0.2) is 12.9 Å². The van der Waals surface area contributed by atoms with Gasteiger partial charge in [0.15, 0.2) is 5.78 Å². The predicted octanol–water partition coefficient (Wildman–Crippen LogP) is 3.63. The number of hydrogen-bond acceptors (Lipinski definition) is 2. The van der Waals surface area contributed by atoms with Crippen LogP contribution in [0.5, 0.6) is 5.75 Å². The summed E-state index contributed by atoms with van der Waals surface area (Å²) in [5.41, 5.74) is 2.07. The van der Waals surface area contributed by atoms with Crippen molar-refractivity contribution in [2.24, 2.45) is 5.92 Å². The average Bonchev–Trinajstić information content (AvgIpc) is 2.38. The summed E-state index contributed by atoms with van der Waals surface area (Å²) in [6, 6.07) is 5.87. The van der Waals surface area contributed by atoms with Gasteiger partial charge in [0, 0.05) is 11.5 Å². The van der Waals surface area contributed by atoms with Crippen LogP contribution in [0.4, 0.5) is 0 Å². The Labute approximate surface area is 103 Å². The van der Waals surface area contributed by atoms with Crippen LogP contribution in [0, 0.1) is 5.92 Å². The van der Waals surface area contributed by atoms with Crippen LogP contribution in [0.15, 0.2) is 18.2 Å². The van der Waals surface area contributed by atoms with Gasteiger partial charge in [0.2, 0.25) is 0 Å². The van der Waals surface area contributed by atoms with Gasteiger partial charge in [-0.3, -0.25) is 4.79 Å². The van der Waals surface area contributed by atoms with Gasteiger partial charge >= 0.3 is 0 Å². The zero-order chi connectivity index (χ0) is 12.3. The summed E-state index contributed by atoms with van der Waals surface area (Å²) in [6.45, 7) is 2.17. The maximum absolute atomic E-state index is 12.3. The van der Waals surface area contributed by atoms with Crippen molar-refractivity contribution in [1.82, 2.24) is 0 Å². The topological polar surface area (TPSA) is 26.3 Å². The Morgan fingerprint density at radius 3 is 2.94 bits per heavy atom. The molecule has 1 aliphatic rings. The molecular weight excluding hydrogens is 212 g/mol. The number of unbranched alkanes of at least 4 members (excludes halogenated alkanes) is 1. The number of hydrogen-bond donors (Lipinski definition) is 0. The third-order valence-electron chi connectivity index (χ3n) is 3.62. The van der Waals surface area contributed by atoms with E-state index in [0.29, 0.717) is 5.78 Å². The van der Waals surface area contributed by atoms with Crippen LogP contribution >= 0.6 is 0 Å². The van der Waals surface area contributed by atoms with Crippen molar-refractivity contribution in [2.75, 3.05) is 7.11 Å². The highest BCUT2D eigenvalue weighted by Gasteiger charge is 2.26. The highest BCUT2D eigenvalue weighted by atomic mass is 16.5. The fourth-order valence-corrected chi connectivity index (χ4v) is 2.54. The zero-order valence-corrected chi connectivity index (χ0v) is 10.7. The predicted molar refractivity (Wildman–Crippen MR) is 68.7 cm³/mol. The first-order valence-electron chi connectivity index (χ1n) is 6.47. The van der Waals surface area contributed by atoms with E-state index in [4.69, 9.17) is 4.74 Å². The molecular formula is C15H20O2. The molecule has 0 N–H and O–H groups in total. The number of Topliss-reactive ketones (excluding diaryl/α,β-unsaturated/α-hetero) is 1. The summed E-state index contributed by atoms with van der Waals surface area (Å²) in [4.78, 5) is 12.3. The highest BCUT2D eigenvalue weighted by Crippen LogP contribution is 2.31. The quantitative estimate of drug-likeness (QED) is 0.792. The van der Waals surface area contributed by atoms with Crippen molar-refractivity contribution in [3.63, 3.8) is 0 Å². The van der Waals surface area contributed by atoms with Crippen LogP contribution < -0.4 is 4.74 Å². The molecule has 17 heavy (non-hydrogen) atoms. The second kappa shape index (κ2) is 5.35. The second-order valence-corrected chi connectivity index (χ2v) is 4.77. The molecule has 1 atom stereocenters. The van der Waals surface area contributed by atoms with Crippen LogP contribution in [0.25, 0.3) is 0 Å². The first-order chi connectivity index (χ1) is 8.26. The van der Waals surface area contributed by atoms with Crippen LogP contribution in [0.3, 0.4) is 0 Å². The molecule has 1 aliphatic carbocycles. The van der Waals surface area contributed by atoms with Crippen molar-refractivity contribution in [2.45, 2.75) is 39.0 Å². The molecule has 2 nitrogen and oxygen atoms in total. The Hall–Kier alpha value is -1.31. The molecule has 0 saturated carbocycles. The molecule has 2 heteroatoms. The Morgan fingerprint density at radius 1 is 1.41 bits per heavy atom.